The van der Waals surface area contributed by atoms with E-state index in [1.165, 1.54) is 58.7 Å². The van der Waals surface area contributed by atoms with Crippen LogP contribution in [0.25, 0.3) is 5.57 Å². The summed E-state index contributed by atoms with van der Waals surface area (Å²) in [5.74, 6) is 1.67. The van der Waals surface area contributed by atoms with E-state index in [4.69, 9.17) is 9.84 Å². The van der Waals surface area contributed by atoms with Crippen LogP contribution in [0.15, 0.2) is 35.9 Å². The second kappa shape index (κ2) is 12.6. The van der Waals surface area contributed by atoms with Gasteiger partial charge in [0.2, 0.25) is 0 Å². The van der Waals surface area contributed by atoms with E-state index in [1.807, 2.05) is 41.3 Å². The third-order valence-corrected chi connectivity index (χ3v) is 9.72. The smallest absolute Gasteiger partial charge is 0.305 e. The summed E-state index contributed by atoms with van der Waals surface area (Å²) in [6.07, 6.45) is 17.2. The molecule has 36 heavy (non-hydrogen) atoms. The van der Waals surface area contributed by atoms with Crippen molar-refractivity contribution >= 4 is 40.5 Å². The molecule has 0 bridgehead atoms. The molecule has 1 aromatic rings. The number of thiophene rings is 1. The first-order valence-corrected chi connectivity index (χ1v) is 15.3. The SMILES string of the molecule is CCc1sc(C2=CCSCC2)cc1C(OC1(C)C=CC(C(=O)NCCC(=O)O)=CC1)C1CCCCC1. The van der Waals surface area contributed by atoms with Crippen molar-refractivity contribution in [1.82, 2.24) is 5.32 Å². The number of thioether (sulfide) groups is 1. The van der Waals surface area contributed by atoms with Crippen LogP contribution >= 0.6 is 23.1 Å². The summed E-state index contributed by atoms with van der Waals surface area (Å²) in [5.41, 5.74) is 2.96. The topological polar surface area (TPSA) is 75.6 Å². The van der Waals surface area contributed by atoms with Gasteiger partial charge in [0, 0.05) is 27.6 Å². The number of carbonyl (C=O) groups excluding carboxylic acids is 1. The maximum Gasteiger partial charge on any atom is 0.305 e. The van der Waals surface area contributed by atoms with E-state index in [9.17, 15) is 9.59 Å². The van der Waals surface area contributed by atoms with Gasteiger partial charge in [-0.05, 0) is 67.9 Å². The number of hydrogen-bond donors (Lipinski definition) is 2. The molecule has 1 amide bonds. The Morgan fingerprint density at radius 3 is 2.69 bits per heavy atom. The van der Waals surface area contributed by atoms with Crippen molar-refractivity contribution in [2.75, 3.05) is 18.1 Å². The first-order chi connectivity index (χ1) is 17.4. The van der Waals surface area contributed by atoms with Crippen molar-refractivity contribution in [3.8, 4) is 0 Å². The first-order valence-electron chi connectivity index (χ1n) is 13.4. The molecular formula is C29H39NO4S2. The van der Waals surface area contributed by atoms with E-state index in [0.29, 0.717) is 17.9 Å². The van der Waals surface area contributed by atoms with E-state index >= 15 is 0 Å². The summed E-state index contributed by atoms with van der Waals surface area (Å²) >= 11 is 3.96. The molecule has 0 aromatic carbocycles. The minimum Gasteiger partial charge on any atom is -0.481 e. The second-order valence-electron chi connectivity index (χ2n) is 10.2. The third-order valence-electron chi connectivity index (χ3n) is 7.45. The lowest BCUT2D eigenvalue weighted by Crippen LogP contribution is -2.34. The number of rotatable bonds is 10. The molecule has 7 heteroatoms. The molecule has 2 N–H and O–H groups in total. The number of nitrogens with one attached hydrogen (secondary N) is 1. The predicted octanol–water partition coefficient (Wildman–Crippen LogP) is 6.70. The van der Waals surface area contributed by atoms with Crippen molar-refractivity contribution in [1.29, 1.82) is 0 Å². The van der Waals surface area contributed by atoms with Crippen LogP contribution in [0.3, 0.4) is 0 Å². The molecule has 0 saturated heterocycles. The largest absolute Gasteiger partial charge is 0.481 e. The summed E-state index contributed by atoms with van der Waals surface area (Å²) in [5, 5.41) is 11.5. The fourth-order valence-electron chi connectivity index (χ4n) is 5.37. The van der Waals surface area contributed by atoms with Gasteiger partial charge in [-0.25, -0.2) is 0 Å². The lowest BCUT2D eigenvalue weighted by molar-refractivity contribution is -0.136. The van der Waals surface area contributed by atoms with Crippen molar-refractivity contribution in [2.45, 2.75) is 83.3 Å². The summed E-state index contributed by atoms with van der Waals surface area (Å²) in [4.78, 5) is 26.0. The summed E-state index contributed by atoms with van der Waals surface area (Å²) < 4.78 is 7.03. The van der Waals surface area contributed by atoms with Gasteiger partial charge in [-0.2, -0.15) is 11.8 Å². The number of amides is 1. The van der Waals surface area contributed by atoms with Gasteiger partial charge in [0.05, 0.1) is 18.1 Å². The molecule has 3 aliphatic rings. The minimum absolute atomic E-state index is 0.0535. The Morgan fingerprint density at radius 1 is 1.25 bits per heavy atom. The number of aliphatic carboxylic acids is 1. The zero-order chi connectivity index (χ0) is 25.5. The number of carboxylic acids is 1. The molecule has 1 fully saturated rings. The standard InChI is InChI=1S/C29H39NO4S2/c1-3-24-23(19-25(36-24)20-12-17-35-18-13-20)27(21-7-5-4-6-8-21)34-29(2)14-9-22(10-15-29)28(33)30-16-11-26(31)32/h9-10,12,14,19,21,27H,3-8,11,13,15-18H2,1-2H3,(H,30,33)(H,31,32). The summed E-state index contributed by atoms with van der Waals surface area (Å²) in [6, 6.07) is 2.43. The average Bonchev–Trinajstić information content (AvgIpc) is 3.33. The number of aryl methyl sites for hydroxylation is 1. The van der Waals surface area contributed by atoms with Crippen LogP contribution in [-0.2, 0) is 20.7 Å². The number of ether oxygens (including phenoxy) is 1. The van der Waals surface area contributed by atoms with Gasteiger partial charge in [-0.15, -0.1) is 11.3 Å². The van der Waals surface area contributed by atoms with Crippen molar-refractivity contribution in [2.24, 2.45) is 5.92 Å². The molecular weight excluding hydrogens is 490 g/mol. The van der Waals surface area contributed by atoms with E-state index in [1.54, 1.807) is 0 Å². The number of carboxylic acid groups (broad SMARTS) is 1. The molecule has 0 spiro atoms. The third kappa shape index (κ3) is 6.93. The van der Waals surface area contributed by atoms with Crippen LogP contribution in [0, 0.1) is 5.92 Å². The highest BCUT2D eigenvalue weighted by Gasteiger charge is 2.35. The highest BCUT2D eigenvalue weighted by molar-refractivity contribution is 7.99. The molecule has 2 aliphatic carbocycles. The Labute approximate surface area is 223 Å². The predicted molar refractivity (Wildman–Crippen MR) is 150 cm³/mol. The Hall–Kier alpha value is -1.83. The lowest BCUT2D eigenvalue weighted by atomic mass is 9.81. The summed E-state index contributed by atoms with van der Waals surface area (Å²) in [7, 11) is 0. The van der Waals surface area contributed by atoms with Gasteiger partial charge in [0.1, 0.15) is 0 Å². The lowest BCUT2D eigenvalue weighted by Gasteiger charge is -2.38. The fraction of sp³-hybridized carbons (Fsp3) is 0.586. The molecule has 5 nitrogen and oxygen atoms in total. The van der Waals surface area contributed by atoms with Crippen molar-refractivity contribution in [3.63, 3.8) is 0 Å². The highest BCUT2D eigenvalue weighted by Crippen LogP contribution is 2.45. The van der Waals surface area contributed by atoms with Gasteiger partial charge in [0.25, 0.3) is 5.91 Å². The van der Waals surface area contributed by atoms with Crippen LogP contribution in [0.4, 0.5) is 0 Å². The number of hydrogen-bond acceptors (Lipinski definition) is 5. The Bertz CT molecular complexity index is 1030. The van der Waals surface area contributed by atoms with Gasteiger partial charge in [-0.3, -0.25) is 9.59 Å². The maximum absolute atomic E-state index is 12.4. The van der Waals surface area contributed by atoms with Crippen LogP contribution in [0.2, 0.25) is 0 Å². The van der Waals surface area contributed by atoms with Crippen LogP contribution < -0.4 is 5.32 Å². The molecule has 2 atom stereocenters. The van der Waals surface area contributed by atoms with Crippen LogP contribution in [0.5, 0.6) is 0 Å². The zero-order valence-electron chi connectivity index (χ0n) is 21.5. The van der Waals surface area contributed by atoms with E-state index in [2.05, 4.69) is 31.3 Å². The highest BCUT2D eigenvalue weighted by atomic mass is 32.2. The Balaban J connectivity index is 1.53. The minimum atomic E-state index is -0.917. The molecule has 2 heterocycles. The molecule has 0 radical (unpaired) electrons. The molecule has 2 unspecified atom stereocenters. The molecule has 196 valence electrons. The Morgan fingerprint density at radius 2 is 2.06 bits per heavy atom. The van der Waals surface area contributed by atoms with E-state index < -0.39 is 11.6 Å². The van der Waals surface area contributed by atoms with Gasteiger partial charge >= 0.3 is 5.97 Å². The maximum atomic E-state index is 12.4. The Kier molecular flexibility index (Phi) is 9.53. The average molecular weight is 530 g/mol. The summed E-state index contributed by atoms with van der Waals surface area (Å²) in [6.45, 7) is 4.50. The first kappa shape index (κ1) is 27.2. The normalized spacial score (nSPS) is 23.6. The van der Waals surface area contributed by atoms with Gasteiger partial charge < -0.3 is 15.2 Å². The molecule has 1 aliphatic heterocycles. The van der Waals surface area contributed by atoms with Gasteiger partial charge in [0.15, 0.2) is 0 Å². The number of allylic oxidation sites excluding steroid dienone is 1. The van der Waals surface area contributed by atoms with Gasteiger partial charge in [-0.1, -0.05) is 50.5 Å². The number of carbonyl (C=O) groups is 2. The van der Waals surface area contributed by atoms with E-state index in [0.717, 1.165) is 18.6 Å². The molecule has 1 aromatic heterocycles. The van der Waals surface area contributed by atoms with Crippen molar-refractivity contribution in [3.05, 3.63) is 51.3 Å². The second-order valence-corrected chi connectivity index (χ2v) is 12.5. The molecule has 4 rings (SSSR count). The fourth-order valence-corrected chi connectivity index (χ4v) is 7.42. The van der Waals surface area contributed by atoms with Crippen molar-refractivity contribution < 1.29 is 19.4 Å². The molecule has 1 saturated carbocycles. The monoisotopic (exact) mass is 529 g/mol. The van der Waals surface area contributed by atoms with E-state index in [-0.39, 0.29) is 25.0 Å². The quantitative estimate of drug-likeness (QED) is 0.353. The van der Waals surface area contributed by atoms with Crippen LogP contribution in [-0.4, -0.2) is 40.6 Å². The zero-order valence-corrected chi connectivity index (χ0v) is 23.1. The van der Waals surface area contributed by atoms with Crippen LogP contribution in [0.1, 0.15) is 86.6 Å².